The summed E-state index contributed by atoms with van der Waals surface area (Å²) in [5, 5.41) is 0. The molecule has 0 aromatic heterocycles. The van der Waals surface area contributed by atoms with Crippen molar-refractivity contribution < 1.29 is 0 Å². The summed E-state index contributed by atoms with van der Waals surface area (Å²) in [6.45, 7) is 0. The zero-order valence-electron chi connectivity index (χ0n) is 24.6. The highest BCUT2D eigenvalue weighted by Gasteiger charge is 2.35. The number of hydrogen-bond acceptors (Lipinski definition) is 3. The average molecular weight is 574 g/mol. The minimum atomic E-state index is -0.629. The van der Waals surface area contributed by atoms with Gasteiger partial charge in [0.2, 0.25) is 0 Å². The minimum Gasteiger partial charge on any atom is -0.378 e. The Hall–Kier alpha value is -5.68. The van der Waals surface area contributed by atoms with Crippen LogP contribution in [0.2, 0.25) is 0 Å². The van der Waals surface area contributed by atoms with Gasteiger partial charge in [-0.15, -0.1) is 0 Å². The van der Waals surface area contributed by atoms with Crippen molar-refractivity contribution in [1.82, 2.24) is 9.13 Å². The molecule has 3 aromatic rings. The molecule has 7 rings (SSSR count). The van der Waals surface area contributed by atoms with Gasteiger partial charge in [-0.25, -0.2) is 0 Å². The second kappa shape index (κ2) is 11.2. The number of hydrogen-bond donors (Lipinski definition) is 0. The van der Waals surface area contributed by atoms with E-state index in [0.29, 0.717) is 11.1 Å². The Bertz CT molecular complexity index is 2000. The van der Waals surface area contributed by atoms with Crippen LogP contribution < -0.4 is 16.0 Å². The Morgan fingerprint density at radius 3 is 1.27 bits per heavy atom. The maximum atomic E-state index is 14.8. The molecule has 0 fully saturated rings. The van der Waals surface area contributed by atoms with Gasteiger partial charge in [-0.05, 0) is 54.1 Å². The summed E-state index contributed by atoms with van der Waals surface area (Å²) in [4.78, 5) is 31.6. The third-order valence-electron chi connectivity index (χ3n) is 8.31. The molecular weight excluding hydrogens is 542 g/mol. The number of anilines is 1. The number of para-hydroxylation sites is 2. The normalized spacial score (nSPS) is 11.3. The molecule has 0 spiro atoms. The van der Waals surface area contributed by atoms with Crippen LogP contribution in [0, 0.1) is 0 Å². The van der Waals surface area contributed by atoms with Crippen molar-refractivity contribution in [1.29, 1.82) is 0 Å². The van der Waals surface area contributed by atoms with Crippen molar-refractivity contribution in [3.8, 4) is 33.9 Å². The van der Waals surface area contributed by atoms with E-state index in [-0.39, 0.29) is 11.1 Å². The van der Waals surface area contributed by atoms with Crippen LogP contribution in [0.3, 0.4) is 0 Å². The van der Waals surface area contributed by atoms with E-state index in [1.165, 1.54) is 0 Å². The molecule has 214 valence electrons. The van der Waals surface area contributed by atoms with Gasteiger partial charge in [0, 0.05) is 59.3 Å². The molecule has 2 aliphatic carbocycles. The zero-order chi connectivity index (χ0) is 30.2. The molecule has 0 atom stereocenters. The van der Waals surface area contributed by atoms with Crippen LogP contribution in [0.15, 0.2) is 155 Å². The van der Waals surface area contributed by atoms with Crippen molar-refractivity contribution in [2.24, 2.45) is 0 Å². The third-order valence-corrected chi connectivity index (χ3v) is 8.31. The first kappa shape index (κ1) is 27.2. The van der Waals surface area contributed by atoms with Gasteiger partial charge in [0.15, 0.2) is 0 Å². The van der Waals surface area contributed by atoms with Crippen LogP contribution in [0.25, 0.3) is 33.9 Å². The summed E-state index contributed by atoms with van der Waals surface area (Å²) in [5.74, 6) is -0.629. The van der Waals surface area contributed by atoms with Crippen LogP contribution in [0.1, 0.15) is 22.6 Å². The van der Waals surface area contributed by atoms with E-state index in [0.717, 1.165) is 45.1 Å². The Kier molecular flexibility index (Phi) is 6.91. The van der Waals surface area contributed by atoms with E-state index in [1.807, 2.05) is 165 Å². The lowest BCUT2D eigenvalue weighted by Gasteiger charge is -2.19. The van der Waals surface area contributed by atoms with Crippen molar-refractivity contribution in [2.45, 2.75) is 5.92 Å². The second-order valence-electron chi connectivity index (χ2n) is 11.1. The molecule has 5 nitrogen and oxygen atoms in total. The standard InChI is InChI=1S/C39H31N3O2/c1-40(2)28-25-23-27(24-26-28)35(36-31-19-11-5-13-21-33(31)41(38(36)43)29-15-7-3-8-16-29)37-32-20-12-6-14-22-34(32)42(39(37)44)30-17-9-4-10-18-30/h3-26,35H,1-2H3. The fraction of sp³-hybridized carbons (Fsp3) is 0.0769. The smallest absolute Gasteiger partial charge is 0.260 e. The number of rotatable bonds is 6. The Labute approximate surface area is 256 Å². The molecule has 4 aliphatic rings. The molecule has 2 heterocycles. The summed E-state index contributed by atoms with van der Waals surface area (Å²) in [6.07, 6.45) is 0. The van der Waals surface area contributed by atoms with Gasteiger partial charge in [0.05, 0.1) is 11.4 Å². The Morgan fingerprint density at radius 1 is 0.477 bits per heavy atom. The van der Waals surface area contributed by atoms with E-state index < -0.39 is 5.92 Å². The number of nitrogens with zero attached hydrogens (tertiary/aromatic N) is 3. The third kappa shape index (κ3) is 4.50. The topological polar surface area (TPSA) is 47.2 Å². The maximum Gasteiger partial charge on any atom is 0.260 e. The van der Waals surface area contributed by atoms with Gasteiger partial charge in [0.1, 0.15) is 0 Å². The van der Waals surface area contributed by atoms with Gasteiger partial charge in [-0.3, -0.25) is 18.7 Å². The van der Waals surface area contributed by atoms with Crippen LogP contribution >= 0.6 is 0 Å². The molecule has 3 aromatic carbocycles. The predicted octanol–water partition coefficient (Wildman–Crippen LogP) is 7.44. The lowest BCUT2D eigenvalue weighted by molar-refractivity contribution is 0.920. The highest BCUT2D eigenvalue weighted by atomic mass is 16.1. The van der Waals surface area contributed by atoms with Crippen LogP contribution in [0.5, 0.6) is 0 Å². The maximum absolute atomic E-state index is 14.8. The van der Waals surface area contributed by atoms with Crippen molar-refractivity contribution in [3.05, 3.63) is 183 Å². The fourth-order valence-corrected chi connectivity index (χ4v) is 6.28. The van der Waals surface area contributed by atoms with Crippen molar-refractivity contribution in [2.75, 3.05) is 19.0 Å². The highest BCUT2D eigenvalue weighted by molar-refractivity contribution is 5.77. The predicted molar refractivity (Wildman–Crippen MR) is 179 cm³/mol. The van der Waals surface area contributed by atoms with Crippen molar-refractivity contribution >= 4 is 5.69 Å². The van der Waals surface area contributed by atoms with E-state index in [9.17, 15) is 9.59 Å². The fourth-order valence-electron chi connectivity index (χ4n) is 6.28. The molecular formula is C39H31N3O2. The largest absolute Gasteiger partial charge is 0.378 e. The lowest BCUT2D eigenvalue weighted by Crippen LogP contribution is -2.24. The molecule has 0 amide bonds. The summed E-state index contributed by atoms with van der Waals surface area (Å²) >= 11 is 0. The van der Waals surface area contributed by atoms with E-state index in [1.54, 1.807) is 9.13 Å². The zero-order valence-corrected chi connectivity index (χ0v) is 24.6. The second-order valence-corrected chi connectivity index (χ2v) is 11.1. The summed E-state index contributed by atoms with van der Waals surface area (Å²) in [6, 6.07) is 47.3. The first-order chi connectivity index (χ1) is 21.5. The molecule has 0 saturated heterocycles. The average Bonchev–Trinajstić information content (AvgIpc) is 3.24. The Morgan fingerprint density at radius 2 is 0.864 bits per heavy atom. The molecule has 44 heavy (non-hydrogen) atoms. The van der Waals surface area contributed by atoms with Crippen molar-refractivity contribution in [3.63, 3.8) is 0 Å². The quantitative estimate of drug-likeness (QED) is 0.208. The Balaban J connectivity index is 1.61. The van der Waals surface area contributed by atoms with E-state index in [4.69, 9.17) is 0 Å². The van der Waals surface area contributed by atoms with Crippen LogP contribution in [0.4, 0.5) is 5.69 Å². The van der Waals surface area contributed by atoms with E-state index >= 15 is 0 Å². The van der Waals surface area contributed by atoms with Gasteiger partial charge in [-0.2, -0.15) is 0 Å². The van der Waals surface area contributed by atoms with Gasteiger partial charge in [0.25, 0.3) is 11.1 Å². The molecule has 0 N–H and O–H groups in total. The van der Waals surface area contributed by atoms with Gasteiger partial charge < -0.3 is 4.90 Å². The minimum absolute atomic E-state index is 0.139. The van der Waals surface area contributed by atoms with Gasteiger partial charge >= 0.3 is 0 Å². The van der Waals surface area contributed by atoms with Gasteiger partial charge in [-0.1, -0.05) is 97.1 Å². The first-order valence-electron chi connectivity index (χ1n) is 14.7. The highest BCUT2D eigenvalue weighted by Crippen LogP contribution is 2.42. The summed E-state index contributed by atoms with van der Waals surface area (Å²) in [7, 11) is 4.00. The van der Waals surface area contributed by atoms with Crippen LogP contribution in [-0.4, -0.2) is 23.2 Å². The molecule has 0 bridgehead atoms. The molecule has 0 unspecified atom stereocenters. The molecule has 0 saturated carbocycles. The molecule has 5 heteroatoms. The summed E-state index contributed by atoms with van der Waals surface area (Å²) < 4.78 is 3.54. The lowest BCUT2D eigenvalue weighted by atomic mass is 9.83. The monoisotopic (exact) mass is 573 g/mol. The molecule has 0 radical (unpaired) electrons. The van der Waals surface area contributed by atoms with E-state index in [2.05, 4.69) is 0 Å². The first-order valence-corrected chi connectivity index (χ1v) is 14.7. The molecule has 2 aliphatic heterocycles. The number of fused-ring (bicyclic) bond motifs is 2. The SMILES string of the molecule is CN(C)c1ccc(C(c2c3cccccc-3n(-c3ccccc3)c2=O)c2c3cccccc-3n(-c3ccccc3)c2=O)cc1. The number of benzene rings is 3. The number of aromatic nitrogens is 2. The summed E-state index contributed by atoms with van der Waals surface area (Å²) in [5.41, 5.74) is 7.55. The van der Waals surface area contributed by atoms with Crippen LogP contribution in [-0.2, 0) is 0 Å².